The summed E-state index contributed by atoms with van der Waals surface area (Å²) in [6.07, 6.45) is 0.919. The number of ether oxygens (including phenoxy) is 1. The van der Waals surface area contributed by atoms with Crippen molar-refractivity contribution < 1.29 is 17.9 Å². The van der Waals surface area contributed by atoms with Crippen LogP contribution in [0, 0.1) is 0 Å². The van der Waals surface area contributed by atoms with Crippen molar-refractivity contribution in [3.8, 4) is 5.75 Å². The van der Waals surface area contributed by atoms with Crippen molar-refractivity contribution in [2.75, 3.05) is 6.61 Å². The van der Waals surface area contributed by atoms with E-state index in [9.17, 15) is 13.2 Å². The quantitative estimate of drug-likeness (QED) is 0.740. The molecule has 0 radical (unpaired) electrons. The van der Waals surface area contributed by atoms with Crippen LogP contribution in [0.1, 0.15) is 37.4 Å². The van der Waals surface area contributed by atoms with Gasteiger partial charge in [-0.2, -0.15) is 0 Å². The lowest BCUT2D eigenvalue weighted by molar-refractivity contribution is -0.121. The lowest BCUT2D eigenvalue weighted by Crippen LogP contribution is -2.27. The van der Waals surface area contributed by atoms with Gasteiger partial charge in [0.2, 0.25) is 15.9 Å². The number of hydrogen-bond donors (Lipinski definition) is 2. The van der Waals surface area contributed by atoms with Crippen LogP contribution in [0.5, 0.6) is 5.75 Å². The fourth-order valence-electron chi connectivity index (χ4n) is 2.60. The van der Waals surface area contributed by atoms with E-state index in [1.54, 1.807) is 12.1 Å². The molecule has 0 aromatic heterocycles. The van der Waals surface area contributed by atoms with Gasteiger partial charge in [-0.15, -0.1) is 0 Å². The summed E-state index contributed by atoms with van der Waals surface area (Å²) in [5.41, 5.74) is 1.80. The van der Waals surface area contributed by atoms with E-state index in [2.05, 4.69) is 5.32 Å². The van der Waals surface area contributed by atoms with Gasteiger partial charge in [0.15, 0.2) is 0 Å². The molecular weight excluding hydrogens is 352 g/mol. The predicted molar refractivity (Wildman–Crippen MR) is 100 cm³/mol. The molecule has 2 aromatic rings. The Balaban J connectivity index is 1.93. The highest BCUT2D eigenvalue weighted by Crippen LogP contribution is 2.20. The lowest BCUT2D eigenvalue weighted by Gasteiger charge is -2.15. The van der Waals surface area contributed by atoms with Gasteiger partial charge in [-0.3, -0.25) is 4.79 Å². The zero-order chi connectivity index (χ0) is 19.2. The van der Waals surface area contributed by atoms with E-state index in [1.807, 2.05) is 38.1 Å². The summed E-state index contributed by atoms with van der Waals surface area (Å²) in [5.74, 6) is 0.716. The first-order valence-electron chi connectivity index (χ1n) is 8.44. The molecule has 0 aliphatic heterocycles. The zero-order valence-electron chi connectivity index (χ0n) is 14.9. The Labute approximate surface area is 154 Å². The van der Waals surface area contributed by atoms with E-state index in [0.29, 0.717) is 19.4 Å². The minimum Gasteiger partial charge on any atom is -0.494 e. The van der Waals surface area contributed by atoms with Crippen molar-refractivity contribution in [3.63, 3.8) is 0 Å². The van der Waals surface area contributed by atoms with Gasteiger partial charge in [0.25, 0.3) is 0 Å². The molecular formula is C19H24N2O4S. The van der Waals surface area contributed by atoms with Crippen LogP contribution in [0.25, 0.3) is 0 Å². The smallest absolute Gasteiger partial charge is 0.238 e. The molecule has 0 saturated carbocycles. The van der Waals surface area contributed by atoms with Gasteiger partial charge in [0.05, 0.1) is 17.5 Å². The number of benzene rings is 2. The highest BCUT2D eigenvalue weighted by molar-refractivity contribution is 7.89. The van der Waals surface area contributed by atoms with Crippen LogP contribution in [0.3, 0.4) is 0 Å². The van der Waals surface area contributed by atoms with E-state index in [4.69, 9.17) is 9.88 Å². The Morgan fingerprint density at radius 1 is 1.15 bits per heavy atom. The summed E-state index contributed by atoms with van der Waals surface area (Å²) in [5, 5.41) is 8.00. The number of primary sulfonamides is 1. The molecule has 140 valence electrons. The third-order valence-corrected chi connectivity index (χ3v) is 4.91. The van der Waals surface area contributed by atoms with Gasteiger partial charge in [0, 0.05) is 6.42 Å². The highest BCUT2D eigenvalue weighted by Gasteiger charge is 2.13. The first kappa shape index (κ1) is 19.9. The van der Waals surface area contributed by atoms with Gasteiger partial charge in [-0.25, -0.2) is 13.6 Å². The largest absolute Gasteiger partial charge is 0.494 e. The van der Waals surface area contributed by atoms with Gasteiger partial charge in [-0.05, 0) is 49.6 Å². The zero-order valence-corrected chi connectivity index (χ0v) is 15.8. The molecule has 0 bridgehead atoms. The van der Waals surface area contributed by atoms with Crippen LogP contribution < -0.4 is 15.2 Å². The average Bonchev–Trinajstić information content (AvgIpc) is 2.60. The summed E-state index contributed by atoms with van der Waals surface area (Å²) >= 11 is 0. The van der Waals surface area contributed by atoms with Gasteiger partial charge in [-0.1, -0.05) is 30.3 Å². The number of nitrogens with one attached hydrogen (secondary N) is 1. The predicted octanol–water partition coefficient (Wildman–Crippen LogP) is 2.54. The third-order valence-electron chi connectivity index (χ3n) is 3.98. The van der Waals surface area contributed by atoms with Crippen molar-refractivity contribution in [2.45, 2.75) is 37.6 Å². The van der Waals surface area contributed by atoms with E-state index in [-0.39, 0.29) is 16.8 Å². The molecule has 2 rings (SSSR count). The Bertz CT molecular complexity index is 848. The number of hydrogen-bond acceptors (Lipinski definition) is 4. The first-order chi connectivity index (χ1) is 12.3. The number of sulfonamides is 1. The molecule has 7 heteroatoms. The van der Waals surface area contributed by atoms with Crippen molar-refractivity contribution in [2.24, 2.45) is 5.14 Å². The molecule has 0 fully saturated rings. The normalized spacial score (nSPS) is 12.4. The summed E-state index contributed by atoms with van der Waals surface area (Å²) in [6, 6.07) is 13.6. The molecule has 2 aromatic carbocycles. The Morgan fingerprint density at radius 2 is 1.81 bits per heavy atom. The molecule has 0 aliphatic rings. The van der Waals surface area contributed by atoms with Crippen LogP contribution in [-0.4, -0.2) is 20.9 Å². The Kier molecular flexibility index (Phi) is 6.76. The van der Waals surface area contributed by atoms with Crippen LogP contribution in [0.4, 0.5) is 0 Å². The lowest BCUT2D eigenvalue weighted by atomic mass is 10.1. The first-order valence-corrected chi connectivity index (χ1v) is 9.98. The van der Waals surface area contributed by atoms with E-state index in [0.717, 1.165) is 16.9 Å². The van der Waals surface area contributed by atoms with Crippen molar-refractivity contribution in [1.82, 2.24) is 5.32 Å². The SMILES string of the molecule is CCOc1ccccc1CCC(=O)N[C@H](C)c1ccc(S(N)(=O)=O)cc1. The minimum atomic E-state index is -3.72. The second-order valence-electron chi connectivity index (χ2n) is 5.94. The number of carbonyl (C=O) groups excluding carboxylic acids is 1. The number of nitrogens with two attached hydrogens (primary N) is 1. The maximum absolute atomic E-state index is 12.2. The summed E-state index contributed by atoms with van der Waals surface area (Å²) < 4.78 is 28.1. The van der Waals surface area contributed by atoms with Crippen LogP contribution in [-0.2, 0) is 21.2 Å². The molecule has 0 aliphatic carbocycles. The van der Waals surface area contributed by atoms with Crippen LogP contribution in [0.2, 0.25) is 0 Å². The Hall–Kier alpha value is -2.38. The minimum absolute atomic E-state index is 0.0484. The van der Waals surface area contributed by atoms with E-state index >= 15 is 0 Å². The summed E-state index contributed by atoms with van der Waals surface area (Å²) in [6.45, 7) is 4.35. The van der Waals surface area contributed by atoms with Crippen LogP contribution in [0.15, 0.2) is 53.4 Å². The standard InChI is InChI=1S/C19H24N2O4S/c1-3-25-18-7-5-4-6-16(18)10-13-19(22)21-14(2)15-8-11-17(12-9-15)26(20,23)24/h4-9,11-12,14H,3,10,13H2,1-2H3,(H,21,22)(H2,20,23,24)/t14-/m1/s1. The summed E-state index contributed by atoms with van der Waals surface area (Å²) in [7, 11) is -3.72. The number of para-hydroxylation sites is 1. The molecule has 0 saturated heterocycles. The number of amides is 1. The second-order valence-corrected chi connectivity index (χ2v) is 7.51. The second kappa shape index (κ2) is 8.82. The van der Waals surface area contributed by atoms with E-state index < -0.39 is 10.0 Å². The van der Waals surface area contributed by atoms with E-state index in [1.165, 1.54) is 12.1 Å². The maximum Gasteiger partial charge on any atom is 0.238 e. The summed E-state index contributed by atoms with van der Waals surface area (Å²) in [4.78, 5) is 12.3. The average molecular weight is 376 g/mol. The number of aryl methyl sites for hydroxylation is 1. The van der Waals surface area contributed by atoms with Gasteiger partial charge < -0.3 is 10.1 Å². The molecule has 0 heterocycles. The fourth-order valence-corrected chi connectivity index (χ4v) is 3.11. The third kappa shape index (κ3) is 5.57. The molecule has 0 spiro atoms. The van der Waals surface area contributed by atoms with Crippen molar-refractivity contribution in [1.29, 1.82) is 0 Å². The molecule has 1 atom stereocenters. The molecule has 26 heavy (non-hydrogen) atoms. The van der Waals surface area contributed by atoms with Crippen molar-refractivity contribution >= 4 is 15.9 Å². The van der Waals surface area contributed by atoms with Gasteiger partial charge in [0.1, 0.15) is 5.75 Å². The number of carbonyl (C=O) groups is 1. The number of rotatable bonds is 8. The van der Waals surface area contributed by atoms with Gasteiger partial charge >= 0.3 is 0 Å². The molecule has 0 unspecified atom stereocenters. The van der Waals surface area contributed by atoms with Crippen molar-refractivity contribution in [3.05, 3.63) is 59.7 Å². The Morgan fingerprint density at radius 3 is 2.42 bits per heavy atom. The molecule has 3 N–H and O–H groups in total. The molecule has 1 amide bonds. The highest BCUT2D eigenvalue weighted by atomic mass is 32.2. The molecule has 6 nitrogen and oxygen atoms in total. The monoisotopic (exact) mass is 376 g/mol. The fraction of sp³-hybridized carbons (Fsp3) is 0.316. The maximum atomic E-state index is 12.2. The van der Waals surface area contributed by atoms with Crippen LogP contribution >= 0.6 is 0 Å². The topological polar surface area (TPSA) is 98.5 Å².